The van der Waals surface area contributed by atoms with Gasteiger partial charge in [-0.15, -0.1) is 13.2 Å². The SMILES string of the molecule is O=C(O)Cc1nc(OC(F)(F)F)cc(CF)c1I. The average Bonchev–Trinajstić information content (AvgIpc) is 2.19. The van der Waals surface area contributed by atoms with Gasteiger partial charge in [-0.05, 0) is 22.6 Å². The molecule has 0 unspecified atom stereocenters. The molecule has 0 saturated heterocycles. The summed E-state index contributed by atoms with van der Waals surface area (Å²) in [6, 6.07) is 0.792. The van der Waals surface area contributed by atoms with Gasteiger partial charge in [0.05, 0.1) is 12.1 Å². The van der Waals surface area contributed by atoms with E-state index < -0.39 is 31.3 Å². The summed E-state index contributed by atoms with van der Waals surface area (Å²) >= 11 is 1.63. The Morgan fingerprint density at radius 1 is 1.50 bits per heavy atom. The quantitative estimate of drug-likeness (QED) is 0.646. The largest absolute Gasteiger partial charge is 0.574 e. The maximum Gasteiger partial charge on any atom is 0.574 e. The first kappa shape index (κ1) is 14.9. The molecule has 0 amide bonds. The Balaban J connectivity index is 3.17. The van der Waals surface area contributed by atoms with Crippen molar-refractivity contribution in [1.29, 1.82) is 0 Å². The van der Waals surface area contributed by atoms with E-state index in [0.717, 1.165) is 6.07 Å². The lowest BCUT2D eigenvalue weighted by Gasteiger charge is -2.12. The number of carbonyl (C=O) groups is 1. The Morgan fingerprint density at radius 2 is 2.11 bits per heavy atom. The van der Waals surface area contributed by atoms with Crippen LogP contribution in [0, 0.1) is 3.57 Å². The lowest BCUT2D eigenvalue weighted by atomic mass is 10.2. The second-order valence-electron chi connectivity index (χ2n) is 3.13. The summed E-state index contributed by atoms with van der Waals surface area (Å²) in [7, 11) is 0. The molecule has 1 aromatic heterocycles. The molecule has 0 aliphatic carbocycles. The van der Waals surface area contributed by atoms with Crippen molar-refractivity contribution in [2.24, 2.45) is 0 Å². The molecular formula is C9H6F4INO3. The van der Waals surface area contributed by atoms with Gasteiger partial charge in [0, 0.05) is 15.2 Å². The highest BCUT2D eigenvalue weighted by Gasteiger charge is 2.32. The van der Waals surface area contributed by atoms with Crippen LogP contribution in [0.4, 0.5) is 17.6 Å². The monoisotopic (exact) mass is 379 g/mol. The second-order valence-corrected chi connectivity index (χ2v) is 4.21. The van der Waals surface area contributed by atoms with E-state index in [-0.39, 0.29) is 14.8 Å². The van der Waals surface area contributed by atoms with Gasteiger partial charge in [-0.2, -0.15) is 0 Å². The number of hydrogen-bond acceptors (Lipinski definition) is 3. The fourth-order valence-electron chi connectivity index (χ4n) is 1.14. The number of pyridine rings is 1. The van der Waals surface area contributed by atoms with Crippen LogP contribution in [0.1, 0.15) is 11.3 Å². The van der Waals surface area contributed by atoms with Gasteiger partial charge < -0.3 is 9.84 Å². The van der Waals surface area contributed by atoms with Crippen LogP contribution in [-0.4, -0.2) is 22.4 Å². The molecule has 0 atom stereocenters. The first-order valence-electron chi connectivity index (χ1n) is 4.44. The molecular weight excluding hydrogens is 373 g/mol. The van der Waals surface area contributed by atoms with Crippen molar-refractivity contribution in [1.82, 2.24) is 4.98 Å². The minimum atomic E-state index is -4.96. The van der Waals surface area contributed by atoms with E-state index in [4.69, 9.17) is 5.11 Å². The average molecular weight is 379 g/mol. The summed E-state index contributed by atoms with van der Waals surface area (Å²) in [5.41, 5.74) is -0.265. The maximum atomic E-state index is 12.6. The van der Waals surface area contributed by atoms with Crippen LogP contribution in [0.25, 0.3) is 0 Å². The zero-order valence-corrected chi connectivity index (χ0v) is 10.7. The fraction of sp³-hybridized carbons (Fsp3) is 0.333. The predicted molar refractivity (Wildman–Crippen MR) is 59.8 cm³/mol. The van der Waals surface area contributed by atoms with Crippen molar-refractivity contribution in [3.63, 3.8) is 0 Å². The third-order valence-corrected chi connectivity index (χ3v) is 3.08. The molecule has 1 aromatic rings. The predicted octanol–water partition coefficient (Wildman–Crippen LogP) is 2.68. The van der Waals surface area contributed by atoms with Crippen molar-refractivity contribution in [2.45, 2.75) is 19.5 Å². The van der Waals surface area contributed by atoms with Gasteiger partial charge >= 0.3 is 12.3 Å². The molecule has 1 heterocycles. The molecule has 18 heavy (non-hydrogen) atoms. The Morgan fingerprint density at radius 3 is 2.56 bits per heavy atom. The highest BCUT2D eigenvalue weighted by Crippen LogP contribution is 2.26. The Bertz CT molecular complexity index is 464. The summed E-state index contributed by atoms with van der Waals surface area (Å²) < 4.78 is 52.3. The van der Waals surface area contributed by atoms with Gasteiger partial charge in [-0.25, -0.2) is 9.37 Å². The van der Waals surface area contributed by atoms with Gasteiger partial charge in [0.15, 0.2) is 0 Å². The molecule has 0 radical (unpaired) electrons. The van der Waals surface area contributed by atoms with Crippen LogP contribution >= 0.6 is 22.6 Å². The fourth-order valence-corrected chi connectivity index (χ4v) is 1.75. The highest BCUT2D eigenvalue weighted by atomic mass is 127. The third-order valence-electron chi connectivity index (χ3n) is 1.76. The van der Waals surface area contributed by atoms with E-state index in [9.17, 15) is 22.4 Å². The molecule has 0 spiro atoms. The van der Waals surface area contributed by atoms with Crippen LogP contribution in [-0.2, 0) is 17.9 Å². The number of rotatable bonds is 4. The van der Waals surface area contributed by atoms with Gasteiger partial charge in [0.1, 0.15) is 6.67 Å². The van der Waals surface area contributed by atoms with Crippen LogP contribution in [0.5, 0.6) is 5.88 Å². The minimum Gasteiger partial charge on any atom is -0.481 e. The minimum absolute atomic E-state index is 0.0962. The number of aliphatic carboxylic acids is 1. The normalized spacial score (nSPS) is 11.4. The molecule has 9 heteroatoms. The van der Waals surface area contributed by atoms with E-state index in [1.54, 1.807) is 22.6 Å². The summed E-state index contributed by atoms with van der Waals surface area (Å²) in [6.07, 6.45) is -5.58. The summed E-state index contributed by atoms with van der Waals surface area (Å²) in [5, 5.41) is 8.58. The maximum absolute atomic E-state index is 12.6. The van der Waals surface area contributed by atoms with Gasteiger partial charge in [-0.3, -0.25) is 4.79 Å². The van der Waals surface area contributed by atoms with E-state index in [0.29, 0.717) is 0 Å². The number of ether oxygens (including phenoxy) is 1. The molecule has 4 nitrogen and oxygen atoms in total. The summed E-state index contributed by atoms with van der Waals surface area (Å²) in [4.78, 5) is 13.9. The summed E-state index contributed by atoms with van der Waals surface area (Å²) in [5.74, 6) is -2.15. The number of hydrogen-bond donors (Lipinski definition) is 1. The zero-order valence-electron chi connectivity index (χ0n) is 8.59. The highest BCUT2D eigenvalue weighted by molar-refractivity contribution is 14.1. The lowest BCUT2D eigenvalue weighted by molar-refractivity contribution is -0.276. The summed E-state index contributed by atoms with van der Waals surface area (Å²) in [6.45, 7) is -1.04. The number of alkyl halides is 4. The van der Waals surface area contributed by atoms with Crippen molar-refractivity contribution in [2.75, 3.05) is 0 Å². The molecule has 0 saturated carbocycles. The standard InChI is InChI=1S/C9H6F4INO3/c10-3-4-1-6(18-9(11,12)13)15-5(8(4)14)2-7(16)17/h1H,2-3H2,(H,16,17). The van der Waals surface area contributed by atoms with E-state index >= 15 is 0 Å². The van der Waals surface area contributed by atoms with E-state index in [2.05, 4.69) is 9.72 Å². The van der Waals surface area contributed by atoms with Crippen LogP contribution in [0.15, 0.2) is 6.07 Å². The van der Waals surface area contributed by atoms with Crippen molar-refractivity contribution < 1.29 is 32.2 Å². The lowest BCUT2D eigenvalue weighted by Crippen LogP contribution is -2.19. The first-order valence-corrected chi connectivity index (χ1v) is 5.52. The topological polar surface area (TPSA) is 59.4 Å². The molecule has 0 fully saturated rings. The van der Waals surface area contributed by atoms with Gasteiger partial charge in [-0.1, -0.05) is 0 Å². The molecule has 0 aliphatic rings. The zero-order chi connectivity index (χ0) is 13.9. The number of carboxylic acids is 1. The number of nitrogens with zero attached hydrogens (tertiary/aromatic N) is 1. The van der Waals surface area contributed by atoms with Crippen molar-refractivity contribution in [3.05, 3.63) is 20.9 Å². The van der Waals surface area contributed by atoms with E-state index in [1.165, 1.54) is 0 Å². The molecule has 1 N–H and O–H groups in total. The Hall–Kier alpha value is -1.13. The van der Waals surface area contributed by atoms with Gasteiger partial charge in [0.2, 0.25) is 5.88 Å². The third kappa shape index (κ3) is 4.27. The second kappa shape index (κ2) is 5.67. The molecule has 1 rings (SSSR count). The van der Waals surface area contributed by atoms with Gasteiger partial charge in [0.25, 0.3) is 0 Å². The molecule has 100 valence electrons. The number of carboxylic acid groups (broad SMARTS) is 1. The van der Waals surface area contributed by atoms with Crippen molar-refractivity contribution >= 4 is 28.6 Å². The van der Waals surface area contributed by atoms with Crippen molar-refractivity contribution in [3.8, 4) is 5.88 Å². The van der Waals surface area contributed by atoms with E-state index in [1.807, 2.05) is 0 Å². The van der Waals surface area contributed by atoms with Crippen LogP contribution in [0.3, 0.4) is 0 Å². The number of halogens is 5. The molecule has 0 aromatic carbocycles. The smallest absolute Gasteiger partial charge is 0.481 e. The Kier molecular flexibility index (Phi) is 4.71. The van der Waals surface area contributed by atoms with Crippen LogP contribution < -0.4 is 4.74 Å². The Labute approximate surface area is 112 Å². The molecule has 0 bridgehead atoms. The molecule has 0 aliphatic heterocycles. The van der Waals surface area contributed by atoms with Crippen LogP contribution in [0.2, 0.25) is 0 Å². The first-order chi connectivity index (χ1) is 8.23. The number of aromatic nitrogens is 1.